The summed E-state index contributed by atoms with van der Waals surface area (Å²) in [6.45, 7) is 5.66. The fraction of sp³-hybridized carbons (Fsp3) is 0.412. The van der Waals surface area contributed by atoms with E-state index in [1.807, 2.05) is 0 Å². The second kappa shape index (κ2) is 6.19. The molecule has 4 nitrogen and oxygen atoms in total. The molecular weight excluding hydrogens is 321 g/mol. The quantitative estimate of drug-likeness (QED) is 0.771. The van der Waals surface area contributed by atoms with Gasteiger partial charge in [0.25, 0.3) is 0 Å². The average molecular weight is 338 g/mol. The molecule has 1 aromatic rings. The van der Waals surface area contributed by atoms with E-state index in [4.69, 9.17) is 10.00 Å². The van der Waals surface area contributed by atoms with Crippen LogP contribution in [0.2, 0.25) is 0 Å². The third kappa shape index (κ3) is 4.07. The minimum Gasteiger partial charge on any atom is -0.444 e. The minimum absolute atomic E-state index is 0.165. The zero-order valence-corrected chi connectivity index (χ0v) is 13.6. The van der Waals surface area contributed by atoms with Gasteiger partial charge in [-0.3, -0.25) is 0 Å². The van der Waals surface area contributed by atoms with Gasteiger partial charge in [0.2, 0.25) is 0 Å². The summed E-state index contributed by atoms with van der Waals surface area (Å²) >= 11 is 0. The lowest BCUT2D eigenvalue weighted by Gasteiger charge is -2.24. The molecule has 1 aliphatic rings. The Morgan fingerprint density at radius 3 is 2.50 bits per heavy atom. The molecule has 0 saturated carbocycles. The molecule has 128 valence electrons. The summed E-state index contributed by atoms with van der Waals surface area (Å²) in [6.07, 6.45) is -3.44. The molecule has 0 fully saturated rings. The summed E-state index contributed by atoms with van der Waals surface area (Å²) in [5.74, 6) is 0. The molecule has 1 aromatic carbocycles. The van der Waals surface area contributed by atoms with Gasteiger partial charge >= 0.3 is 12.3 Å². The SMILES string of the molecule is CC(C)(C)OC(=O)N1CC=C(c2ccc(C#N)c(C(F)(F)F)c2)C1. The van der Waals surface area contributed by atoms with Crippen molar-refractivity contribution in [2.45, 2.75) is 32.5 Å². The molecule has 1 heterocycles. The monoisotopic (exact) mass is 338 g/mol. The van der Waals surface area contributed by atoms with E-state index in [1.165, 1.54) is 11.0 Å². The van der Waals surface area contributed by atoms with Crippen LogP contribution in [0.1, 0.15) is 37.5 Å². The fourth-order valence-electron chi connectivity index (χ4n) is 2.31. The van der Waals surface area contributed by atoms with E-state index in [0.717, 1.165) is 12.1 Å². The minimum atomic E-state index is -4.61. The maximum atomic E-state index is 13.0. The lowest BCUT2D eigenvalue weighted by molar-refractivity contribution is -0.137. The first-order valence-electron chi connectivity index (χ1n) is 7.30. The van der Waals surface area contributed by atoms with E-state index in [2.05, 4.69) is 0 Å². The number of nitriles is 1. The van der Waals surface area contributed by atoms with Gasteiger partial charge < -0.3 is 9.64 Å². The van der Waals surface area contributed by atoms with Crippen LogP contribution < -0.4 is 0 Å². The summed E-state index contributed by atoms with van der Waals surface area (Å²) in [4.78, 5) is 13.4. The van der Waals surface area contributed by atoms with Crippen molar-refractivity contribution in [2.75, 3.05) is 13.1 Å². The van der Waals surface area contributed by atoms with Crippen LogP contribution in [0.15, 0.2) is 24.3 Å². The normalized spacial score (nSPS) is 15.0. The van der Waals surface area contributed by atoms with Crippen LogP contribution in [0.3, 0.4) is 0 Å². The van der Waals surface area contributed by atoms with Gasteiger partial charge in [0.1, 0.15) is 5.60 Å². The molecule has 0 aromatic heterocycles. The largest absolute Gasteiger partial charge is 0.444 e. The molecule has 0 radical (unpaired) electrons. The number of hydrogen-bond donors (Lipinski definition) is 0. The van der Waals surface area contributed by atoms with Gasteiger partial charge in [-0.25, -0.2) is 4.79 Å². The van der Waals surface area contributed by atoms with Crippen molar-refractivity contribution in [1.82, 2.24) is 4.90 Å². The molecular formula is C17H17F3N2O2. The Hall–Kier alpha value is -2.49. The van der Waals surface area contributed by atoms with Gasteiger partial charge in [-0.05, 0) is 44.0 Å². The van der Waals surface area contributed by atoms with Crippen molar-refractivity contribution in [2.24, 2.45) is 0 Å². The zero-order valence-electron chi connectivity index (χ0n) is 13.6. The molecule has 0 saturated heterocycles. The Morgan fingerprint density at radius 2 is 1.96 bits per heavy atom. The van der Waals surface area contributed by atoms with Crippen molar-refractivity contribution >= 4 is 11.7 Å². The van der Waals surface area contributed by atoms with Crippen LogP contribution in [-0.2, 0) is 10.9 Å². The van der Waals surface area contributed by atoms with Crippen molar-refractivity contribution in [1.29, 1.82) is 5.26 Å². The number of ether oxygens (including phenoxy) is 1. The van der Waals surface area contributed by atoms with Gasteiger partial charge in [-0.1, -0.05) is 12.1 Å². The van der Waals surface area contributed by atoms with E-state index in [1.54, 1.807) is 32.9 Å². The first-order valence-corrected chi connectivity index (χ1v) is 7.30. The molecule has 0 N–H and O–H groups in total. The average Bonchev–Trinajstić information content (AvgIpc) is 2.93. The maximum absolute atomic E-state index is 13.0. The third-order valence-electron chi connectivity index (χ3n) is 3.39. The van der Waals surface area contributed by atoms with Crippen molar-refractivity contribution in [3.63, 3.8) is 0 Å². The summed E-state index contributed by atoms with van der Waals surface area (Å²) in [6, 6.07) is 5.10. The molecule has 1 amide bonds. The smallest absolute Gasteiger partial charge is 0.417 e. The van der Waals surface area contributed by atoms with Crippen molar-refractivity contribution in [3.8, 4) is 6.07 Å². The van der Waals surface area contributed by atoms with E-state index < -0.39 is 29.0 Å². The van der Waals surface area contributed by atoms with Crippen molar-refractivity contribution < 1.29 is 22.7 Å². The summed E-state index contributed by atoms with van der Waals surface area (Å²) in [7, 11) is 0. The molecule has 0 atom stereocenters. The second-order valence-electron chi connectivity index (χ2n) is 6.46. The number of benzene rings is 1. The lowest BCUT2D eigenvalue weighted by Crippen LogP contribution is -2.35. The standard InChI is InChI=1S/C17H17F3N2O2/c1-16(2,3)24-15(23)22-7-6-13(10-22)11-4-5-12(9-21)14(8-11)17(18,19)20/h4-6,8H,7,10H2,1-3H3. The summed E-state index contributed by atoms with van der Waals surface area (Å²) in [5.41, 5.74) is -1.10. The van der Waals surface area contributed by atoms with Gasteiger partial charge in [0.05, 0.1) is 17.2 Å². The zero-order chi connectivity index (χ0) is 18.1. The molecule has 1 aliphatic heterocycles. The van der Waals surface area contributed by atoms with Gasteiger partial charge in [-0.2, -0.15) is 18.4 Å². The molecule has 0 spiro atoms. The number of rotatable bonds is 1. The molecule has 0 bridgehead atoms. The number of nitrogens with zero attached hydrogens (tertiary/aromatic N) is 2. The first kappa shape index (κ1) is 17.9. The highest BCUT2D eigenvalue weighted by atomic mass is 19.4. The Labute approximate surface area is 138 Å². The Balaban J connectivity index is 2.20. The maximum Gasteiger partial charge on any atom is 0.417 e. The molecule has 2 rings (SSSR count). The number of halogens is 3. The van der Waals surface area contributed by atoms with Crippen LogP contribution in [0.5, 0.6) is 0 Å². The molecule has 0 aliphatic carbocycles. The molecule has 0 unspecified atom stereocenters. The second-order valence-corrected chi connectivity index (χ2v) is 6.46. The van der Waals surface area contributed by atoms with Crippen LogP contribution in [0, 0.1) is 11.3 Å². The van der Waals surface area contributed by atoms with Gasteiger partial charge in [0.15, 0.2) is 0 Å². The van der Waals surface area contributed by atoms with E-state index >= 15 is 0 Å². The summed E-state index contributed by atoms with van der Waals surface area (Å²) in [5, 5.41) is 8.83. The molecule has 7 heteroatoms. The van der Waals surface area contributed by atoms with Crippen molar-refractivity contribution in [3.05, 3.63) is 41.0 Å². The predicted molar refractivity (Wildman–Crippen MR) is 81.9 cm³/mol. The topological polar surface area (TPSA) is 53.3 Å². The number of carbonyl (C=O) groups is 1. The number of carbonyl (C=O) groups excluding carboxylic acids is 1. The Bertz CT molecular complexity index is 725. The van der Waals surface area contributed by atoms with Crippen LogP contribution in [0.25, 0.3) is 5.57 Å². The fourth-order valence-corrected chi connectivity index (χ4v) is 2.31. The number of hydrogen-bond acceptors (Lipinski definition) is 3. The molecule has 24 heavy (non-hydrogen) atoms. The third-order valence-corrected chi connectivity index (χ3v) is 3.39. The van der Waals surface area contributed by atoms with E-state index in [0.29, 0.717) is 11.1 Å². The lowest BCUT2D eigenvalue weighted by atomic mass is 9.99. The van der Waals surface area contributed by atoms with Crippen LogP contribution >= 0.6 is 0 Å². The van der Waals surface area contributed by atoms with Gasteiger partial charge in [-0.15, -0.1) is 0 Å². The first-order chi connectivity index (χ1) is 11.0. The van der Waals surface area contributed by atoms with Gasteiger partial charge in [0, 0.05) is 13.1 Å². The highest BCUT2D eigenvalue weighted by Crippen LogP contribution is 2.34. The van der Waals surface area contributed by atoms with Crippen LogP contribution in [0.4, 0.5) is 18.0 Å². The Kier molecular flexibility index (Phi) is 4.61. The number of alkyl halides is 3. The summed E-state index contributed by atoms with van der Waals surface area (Å²) < 4.78 is 44.4. The highest BCUT2D eigenvalue weighted by Gasteiger charge is 2.34. The van der Waals surface area contributed by atoms with Crippen LogP contribution in [-0.4, -0.2) is 29.7 Å². The van der Waals surface area contributed by atoms with E-state index in [9.17, 15) is 18.0 Å². The number of amides is 1. The predicted octanol–water partition coefficient (Wildman–Crippen LogP) is 4.21. The highest BCUT2D eigenvalue weighted by molar-refractivity contribution is 5.78. The Morgan fingerprint density at radius 1 is 1.29 bits per heavy atom. The van der Waals surface area contributed by atoms with E-state index in [-0.39, 0.29) is 13.1 Å².